The third-order valence-corrected chi connectivity index (χ3v) is 3.82. The monoisotopic (exact) mass is 313 g/mol. The van der Waals surface area contributed by atoms with E-state index < -0.39 is 0 Å². The Morgan fingerprint density at radius 1 is 1.09 bits per heavy atom. The van der Waals surface area contributed by atoms with Gasteiger partial charge in [-0.25, -0.2) is 4.98 Å². The number of nitrogens with zero attached hydrogens (tertiary/aromatic N) is 3. The van der Waals surface area contributed by atoms with Crippen molar-refractivity contribution in [1.29, 1.82) is 0 Å². The van der Waals surface area contributed by atoms with Crippen LogP contribution < -0.4 is 9.47 Å². The second-order valence-corrected chi connectivity index (χ2v) is 5.26. The number of amides is 1. The molecule has 3 heterocycles. The first-order valence-corrected chi connectivity index (χ1v) is 7.40. The van der Waals surface area contributed by atoms with Gasteiger partial charge in [0.25, 0.3) is 5.91 Å². The van der Waals surface area contributed by atoms with E-state index in [-0.39, 0.29) is 12.7 Å². The molecule has 1 saturated heterocycles. The van der Waals surface area contributed by atoms with Crippen LogP contribution in [-0.4, -0.2) is 53.9 Å². The number of hydrogen-bond donors (Lipinski definition) is 0. The molecule has 0 N–H and O–H groups in total. The topological polar surface area (TPSA) is 73.8 Å². The predicted octanol–water partition coefficient (Wildman–Crippen LogP) is 1.34. The zero-order valence-electron chi connectivity index (χ0n) is 12.4. The zero-order chi connectivity index (χ0) is 15.6. The summed E-state index contributed by atoms with van der Waals surface area (Å²) in [5.74, 6) is 1.26. The zero-order valence-corrected chi connectivity index (χ0v) is 12.4. The molecule has 7 heteroatoms. The Kier molecular flexibility index (Phi) is 3.55. The van der Waals surface area contributed by atoms with Crippen LogP contribution in [0, 0.1) is 0 Å². The highest BCUT2D eigenvalue weighted by molar-refractivity contribution is 5.92. The summed E-state index contributed by atoms with van der Waals surface area (Å²) in [6.07, 6.45) is 3.13. The highest BCUT2D eigenvalue weighted by Crippen LogP contribution is 2.35. The van der Waals surface area contributed by atoms with Crippen LogP contribution in [0.25, 0.3) is 11.3 Å². The standard InChI is InChI=1S/C16H15N3O4/c20-16(19-3-5-21-6-4-19)13-9-17-8-12(18-13)11-1-2-14-15(7-11)23-10-22-14/h1-2,7-9H,3-6,10H2. The average Bonchev–Trinajstić information content (AvgIpc) is 3.09. The fourth-order valence-corrected chi connectivity index (χ4v) is 2.59. The van der Waals surface area contributed by atoms with Crippen LogP contribution in [0.15, 0.2) is 30.6 Å². The number of fused-ring (bicyclic) bond motifs is 1. The van der Waals surface area contributed by atoms with Gasteiger partial charge in [-0.1, -0.05) is 0 Å². The van der Waals surface area contributed by atoms with Crippen molar-refractivity contribution in [2.75, 3.05) is 33.1 Å². The highest BCUT2D eigenvalue weighted by atomic mass is 16.7. The minimum atomic E-state index is -0.122. The summed E-state index contributed by atoms with van der Waals surface area (Å²) < 4.78 is 15.9. The summed E-state index contributed by atoms with van der Waals surface area (Å²) in [6.45, 7) is 2.49. The number of benzene rings is 1. The van der Waals surface area contributed by atoms with Gasteiger partial charge in [0.1, 0.15) is 5.69 Å². The Balaban J connectivity index is 1.62. The molecule has 1 aromatic carbocycles. The van der Waals surface area contributed by atoms with Crippen LogP contribution in [0.4, 0.5) is 0 Å². The molecular formula is C16H15N3O4. The molecular weight excluding hydrogens is 298 g/mol. The van der Waals surface area contributed by atoms with Crippen molar-refractivity contribution in [2.24, 2.45) is 0 Å². The molecule has 0 unspecified atom stereocenters. The quantitative estimate of drug-likeness (QED) is 0.833. The third-order valence-electron chi connectivity index (χ3n) is 3.82. The SMILES string of the molecule is O=C(c1cncc(-c2ccc3c(c2)OCO3)n1)N1CCOCC1. The van der Waals surface area contributed by atoms with Gasteiger partial charge in [0, 0.05) is 18.7 Å². The Morgan fingerprint density at radius 3 is 2.78 bits per heavy atom. The van der Waals surface area contributed by atoms with Gasteiger partial charge in [-0.15, -0.1) is 0 Å². The number of aromatic nitrogens is 2. The van der Waals surface area contributed by atoms with E-state index in [1.165, 1.54) is 6.20 Å². The Labute approximate surface area is 132 Å². The van der Waals surface area contributed by atoms with Crippen molar-refractivity contribution in [3.63, 3.8) is 0 Å². The van der Waals surface area contributed by atoms with Crippen molar-refractivity contribution >= 4 is 5.91 Å². The van der Waals surface area contributed by atoms with Crippen molar-refractivity contribution < 1.29 is 19.0 Å². The second kappa shape index (κ2) is 5.85. The van der Waals surface area contributed by atoms with Crippen LogP contribution in [-0.2, 0) is 4.74 Å². The van der Waals surface area contributed by atoms with Crippen molar-refractivity contribution in [3.05, 3.63) is 36.3 Å². The minimum Gasteiger partial charge on any atom is -0.454 e. The molecule has 1 amide bonds. The molecule has 0 atom stereocenters. The maximum absolute atomic E-state index is 12.5. The minimum absolute atomic E-state index is 0.122. The molecule has 1 aromatic heterocycles. The molecule has 118 valence electrons. The molecule has 0 aliphatic carbocycles. The van der Waals surface area contributed by atoms with Crippen LogP contribution in [0.5, 0.6) is 11.5 Å². The first kappa shape index (κ1) is 14.0. The van der Waals surface area contributed by atoms with Gasteiger partial charge in [-0.05, 0) is 18.2 Å². The van der Waals surface area contributed by atoms with Gasteiger partial charge < -0.3 is 19.1 Å². The fraction of sp³-hybridized carbons (Fsp3) is 0.312. The van der Waals surface area contributed by atoms with Crippen molar-refractivity contribution in [2.45, 2.75) is 0 Å². The molecule has 0 bridgehead atoms. The lowest BCUT2D eigenvalue weighted by Crippen LogP contribution is -2.41. The number of ether oxygens (including phenoxy) is 3. The lowest BCUT2D eigenvalue weighted by molar-refractivity contribution is 0.0299. The first-order valence-electron chi connectivity index (χ1n) is 7.40. The molecule has 23 heavy (non-hydrogen) atoms. The normalized spacial score (nSPS) is 16.4. The van der Waals surface area contributed by atoms with Crippen molar-refractivity contribution in [3.8, 4) is 22.8 Å². The average molecular weight is 313 g/mol. The highest BCUT2D eigenvalue weighted by Gasteiger charge is 2.21. The van der Waals surface area contributed by atoms with Gasteiger partial charge in [0.05, 0.1) is 31.3 Å². The summed E-state index contributed by atoms with van der Waals surface area (Å²) in [5, 5.41) is 0. The van der Waals surface area contributed by atoms with Gasteiger partial charge in [-0.3, -0.25) is 9.78 Å². The van der Waals surface area contributed by atoms with Crippen LogP contribution in [0.1, 0.15) is 10.5 Å². The number of carbonyl (C=O) groups is 1. The number of morpholine rings is 1. The fourth-order valence-electron chi connectivity index (χ4n) is 2.59. The Morgan fingerprint density at radius 2 is 1.91 bits per heavy atom. The van der Waals surface area contributed by atoms with Crippen LogP contribution in [0.3, 0.4) is 0 Å². The molecule has 7 nitrogen and oxygen atoms in total. The summed E-state index contributed by atoms with van der Waals surface area (Å²) in [4.78, 5) is 22.8. The molecule has 0 spiro atoms. The Bertz CT molecular complexity index is 744. The van der Waals surface area contributed by atoms with Gasteiger partial charge in [-0.2, -0.15) is 0 Å². The Hall–Kier alpha value is -2.67. The van der Waals surface area contributed by atoms with Gasteiger partial charge in [0.15, 0.2) is 11.5 Å². The summed E-state index contributed by atoms with van der Waals surface area (Å²) in [7, 11) is 0. The largest absolute Gasteiger partial charge is 0.454 e. The van der Waals surface area contributed by atoms with E-state index in [1.54, 1.807) is 11.1 Å². The third kappa shape index (κ3) is 2.70. The number of rotatable bonds is 2. The molecule has 0 saturated carbocycles. The van der Waals surface area contributed by atoms with Crippen LogP contribution >= 0.6 is 0 Å². The van der Waals surface area contributed by atoms with E-state index in [4.69, 9.17) is 14.2 Å². The van der Waals surface area contributed by atoms with E-state index in [1.807, 2.05) is 18.2 Å². The van der Waals surface area contributed by atoms with E-state index in [9.17, 15) is 4.79 Å². The first-order chi connectivity index (χ1) is 11.3. The second-order valence-electron chi connectivity index (χ2n) is 5.26. The van der Waals surface area contributed by atoms with Crippen molar-refractivity contribution in [1.82, 2.24) is 14.9 Å². The molecule has 4 rings (SSSR count). The van der Waals surface area contributed by atoms with Crippen LogP contribution in [0.2, 0.25) is 0 Å². The van der Waals surface area contributed by atoms with E-state index in [0.29, 0.717) is 49.2 Å². The number of carbonyl (C=O) groups excluding carboxylic acids is 1. The molecule has 2 aliphatic rings. The van der Waals surface area contributed by atoms with E-state index >= 15 is 0 Å². The molecule has 2 aromatic rings. The van der Waals surface area contributed by atoms with E-state index in [0.717, 1.165) is 5.56 Å². The smallest absolute Gasteiger partial charge is 0.274 e. The molecule has 1 fully saturated rings. The maximum Gasteiger partial charge on any atom is 0.274 e. The molecule has 0 radical (unpaired) electrons. The lowest BCUT2D eigenvalue weighted by atomic mass is 10.1. The van der Waals surface area contributed by atoms with Gasteiger partial charge >= 0.3 is 0 Å². The predicted molar refractivity (Wildman–Crippen MR) is 80.3 cm³/mol. The van der Waals surface area contributed by atoms with Gasteiger partial charge in [0.2, 0.25) is 6.79 Å². The lowest BCUT2D eigenvalue weighted by Gasteiger charge is -2.26. The van der Waals surface area contributed by atoms with E-state index in [2.05, 4.69) is 9.97 Å². The number of hydrogen-bond acceptors (Lipinski definition) is 6. The summed E-state index contributed by atoms with van der Waals surface area (Å²) >= 11 is 0. The summed E-state index contributed by atoms with van der Waals surface area (Å²) in [6, 6.07) is 5.55. The molecule has 2 aliphatic heterocycles. The maximum atomic E-state index is 12.5. The summed E-state index contributed by atoms with van der Waals surface area (Å²) in [5.41, 5.74) is 1.79.